The van der Waals surface area contributed by atoms with Gasteiger partial charge in [0, 0.05) is 5.69 Å². The maximum Gasteiger partial charge on any atom is 0.509 e. The summed E-state index contributed by atoms with van der Waals surface area (Å²) in [5.74, 6) is 0.404. The summed E-state index contributed by atoms with van der Waals surface area (Å²) in [6.45, 7) is 5.25. The van der Waals surface area contributed by atoms with Gasteiger partial charge in [-0.05, 0) is 56.7 Å². The fraction of sp³-hybridized carbons (Fsp3) is 0.304. The van der Waals surface area contributed by atoms with Gasteiger partial charge in [-0.1, -0.05) is 36.4 Å². The Hall–Kier alpha value is -3.28. The number of carbonyl (C=O) groups is 2. The Morgan fingerprint density at radius 2 is 1.69 bits per heavy atom. The summed E-state index contributed by atoms with van der Waals surface area (Å²) >= 11 is 0. The molecule has 1 amide bonds. The molecule has 0 heterocycles. The van der Waals surface area contributed by atoms with Gasteiger partial charge in [0.1, 0.15) is 17.5 Å². The molecule has 154 valence electrons. The molecule has 0 radical (unpaired) electrons. The fourth-order valence-corrected chi connectivity index (χ4v) is 2.40. The molecule has 0 saturated carbocycles. The van der Waals surface area contributed by atoms with Crippen molar-refractivity contribution in [1.29, 1.82) is 0 Å². The van der Waals surface area contributed by atoms with E-state index in [1.54, 1.807) is 64.3 Å². The Morgan fingerprint density at radius 3 is 2.28 bits per heavy atom. The number of benzene rings is 2. The maximum atomic E-state index is 12.4. The van der Waals surface area contributed by atoms with Crippen LogP contribution in [0.5, 0.6) is 5.75 Å². The number of hydrogen-bond acceptors (Lipinski definition) is 5. The molecule has 0 aliphatic rings. The molecule has 6 nitrogen and oxygen atoms in total. The first-order chi connectivity index (χ1) is 13.7. The highest BCUT2D eigenvalue weighted by molar-refractivity contribution is 5.91. The Balaban J connectivity index is 2.05. The molecule has 1 atom stereocenters. The predicted molar refractivity (Wildman–Crippen MR) is 113 cm³/mol. The van der Waals surface area contributed by atoms with Crippen molar-refractivity contribution in [2.24, 2.45) is 0 Å². The van der Waals surface area contributed by atoms with Gasteiger partial charge in [-0.25, -0.2) is 4.79 Å². The third-order valence-corrected chi connectivity index (χ3v) is 3.70. The molecule has 0 bridgehead atoms. The molecule has 2 aromatic rings. The summed E-state index contributed by atoms with van der Waals surface area (Å²) in [6.07, 6.45) is 1.83. The van der Waals surface area contributed by atoms with Gasteiger partial charge in [0.15, 0.2) is 0 Å². The van der Waals surface area contributed by atoms with Gasteiger partial charge < -0.3 is 19.5 Å². The zero-order chi connectivity index (χ0) is 21.3. The Kier molecular flexibility index (Phi) is 7.83. The highest BCUT2D eigenvalue weighted by Crippen LogP contribution is 2.17. The number of rotatable bonds is 7. The quantitative estimate of drug-likeness (QED) is 0.661. The number of nitrogens with one attached hydrogen (secondary N) is 1. The van der Waals surface area contributed by atoms with E-state index in [4.69, 9.17) is 14.2 Å². The van der Waals surface area contributed by atoms with Crippen molar-refractivity contribution in [3.8, 4) is 5.75 Å². The molecule has 6 heteroatoms. The molecular formula is C23H27NO5. The molecule has 2 aromatic carbocycles. The normalized spacial score (nSPS) is 12.3. The number of hydrogen-bond donors (Lipinski definition) is 1. The van der Waals surface area contributed by atoms with Crippen molar-refractivity contribution >= 4 is 23.8 Å². The van der Waals surface area contributed by atoms with E-state index in [1.165, 1.54) is 0 Å². The molecule has 0 saturated heterocycles. The summed E-state index contributed by atoms with van der Waals surface area (Å²) in [4.78, 5) is 24.5. The van der Waals surface area contributed by atoms with Crippen molar-refractivity contribution in [3.63, 3.8) is 0 Å². The van der Waals surface area contributed by atoms with E-state index in [-0.39, 0.29) is 12.3 Å². The molecule has 29 heavy (non-hydrogen) atoms. The lowest BCUT2D eigenvalue weighted by atomic mass is 10.1. The van der Waals surface area contributed by atoms with Crippen molar-refractivity contribution in [3.05, 3.63) is 66.2 Å². The third kappa shape index (κ3) is 8.51. The fourth-order valence-electron chi connectivity index (χ4n) is 2.40. The SMILES string of the molecule is COc1ccc(NC(=O)CC(/C=C/c2ccccc2)OC(=O)OC(C)(C)C)cc1. The minimum Gasteiger partial charge on any atom is -0.497 e. The van der Waals surface area contributed by atoms with Crippen molar-refractivity contribution < 1.29 is 23.8 Å². The number of methoxy groups -OCH3 is 1. The standard InChI is InChI=1S/C23H27NO5/c1-23(2,3)29-22(26)28-20(13-10-17-8-6-5-7-9-17)16-21(25)24-18-11-14-19(27-4)15-12-18/h5-15,20H,16H2,1-4H3,(H,24,25)/b13-10+. The van der Waals surface area contributed by atoms with E-state index in [2.05, 4.69) is 5.32 Å². The first-order valence-corrected chi connectivity index (χ1v) is 9.32. The molecule has 2 rings (SSSR count). The Bertz CT molecular complexity index is 823. The lowest BCUT2D eigenvalue weighted by Gasteiger charge is -2.21. The molecule has 0 fully saturated rings. The van der Waals surface area contributed by atoms with E-state index < -0.39 is 17.9 Å². The summed E-state index contributed by atoms with van der Waals surface area (Å²) in [7, 11) is 1.57. The topological polar surface area (TPSA) is 73.9 Å². The molecule has 1 unspecified atom stereocenters. The van der Waals surface area contributed by atoms with Gasteiger partial charge in [0.05, 0.1) is 13.5 Å². The summed E-state index contributed by atoms with van der Waals surface area (Å²) in [5.41, 5.74) is 0.871. The Labute approximate surface area is 171 Å². The van der Waals surface area contributed by atoms with Crippen molar-refractivity contribution in [1.82, 2.24) is 0 Å². The van der Waals surface area contributed by atoms with Crippen LogP contribution in [0.3, 0.4) is 0 Å². The van der Waals surface area contributed by atoms with Gasteiger partial charge in [-0.15, -0.1) is 0 Å². The molecule has 0 aliphatic heterocycles. The summed E-state index contributed by atoms with van der Waals surface area (Å²) in [5, 5.41) is 2.78. The first-order valence-electron chi connectivity index (χ1n) is 9.32. The molecule has 0 aliphatic carbocycles. The van der Waals surface area contributed by atoms with Crippen LogP contribution in [-0.2, 0) is 14.3 Å². The van der Waals surface area contributed by atoms with Crippen LogP contribution in [0.2, 0.25) is 0 Å². The maximum absolute atomic E-state index is 12.4. The first kappa shape index (κ1) is 22.0. The largest absolute Gasteiger partial charge is 0.509 e. The van der Waals surface area contributed by atoms with E-state index >= 15 is 0 Å². The summed E-state index contributed by atoms with van der Waals surface area (Å²) < 4.78 is 15.7. The van der Waals surface area contributed by atoms with Crippen LogP contribution < -0.4 is 10.1 Å². The van der Waals surface area contributed by atoms with Crippen LogP contribution in [0.25, 0.3) is 6.08 Å². The third-order valence-electron chi connectivity index (χ3n) is 3.70. The van der Waals surface area contributed by atoms with Gasteiger partial charge in [0.25, 0.3) is 0 Å². The van der Waals surface area contributed by atoms with Crippen LogP contribution in [0.4, 0.5) is 10.5 Å². The second kappa shape index (κ2) is 10.3. The lowest BCUT2D eigenvalue weighted by Crippen LogP contribution is -2.29. The highest BCUT2D eigenvalue weighted by atomic mass is 16.7. The van der Waals surface area contributed by atoms with E-state index in [9.17, 15) is 9.59 Å². The van der Waals surface area contributed by atoms with Crippen molar-refractivity contribution in [2.75, 3.05) is 12.4 Å². The van der Waals surface area contributed by atoms with E-state index in [0.29, 0.717) is 11.4 Å². The van der Waals surface area contributed by atoms with E-state index in [1.807, 2.05) is 30.3 Å². The van der Waals surface area contributed by atoms with Crippen LogP contribution in [0.1, 0.15) is 32.8 Å². The zero-order valence-corrected chi connectivity index (χ0v) is 17.2. The van der Waals surface area contributed by atoms with Gasteiger partial charge in [-0.3, -0.25) is 4.79 Å². The average molecular weight is 397 g/mol. The van der Waals surface area contributed by atoms with Crippen molar-refractivity contribution in [2.45, 2.75) is 38.9 Å². The highest BCUT2D eigenvalue weighted by Gasteiger charge is 2.22. The van der Waals surface area contributed by atoms with Gasteiger partial charge in [0.2, 0.25) is 5.91 Å². The molecular weight excluding hydrogens is 370 g/mol. The van der Waals surface area contributed by atoms with Crippen LogP contribution in [0.15, 0.2) is 60.7 Å². The minimum absolute atomic E-state index is 0.0470. The number of amides is 1. The van der Waals surface area contributed by atoms with Gasteiger partial charge in [-0.2, -0.15) is 0 Å². The average Bonchev–Trinajstić information content (AvgIpc) is 2.66. The number of ether oxygens (including phenoxy) is 3. The number of carbonyl (C=O) groups excluding carboxylic acids is 2. The summed E-state index contributed by atoms with van der Waals surface area (Å²) in [6, 6.07) is 16.5. The van der Waals surface area contributed by atoms with Crippen LogP contribution in [0, 0.1) is 0 Å². The zero-order valence-electron chi connectivity index (χ0n) is 17.2. The second-order valence-electron chi connectivity index (χ2n) is 7.37. The lowest BCUT2D eigenvalue weighted by molar-refractivity contribution is -0.117. The monoisotopic (exact) mass is 397 g/mol. The van der Waals surface area contributed by atoms with E-state index in [0.717, 1.165) is 5.56 Å². The smallest absolute Gasteiger partial charge is 0.497 e. The molecule has 1 N–H and O–H groups in total. The van der Waals surface area contributed by atoms with Gasteiger partial charge >= 0.3 is 6.16 Å². The molecule has 0 spiro atoms. The van der Waals surface area contributed by atoms with Crippen LogP contribution >= 0.6 is 0 Å². The molecule has 0 aromatic heterocycles. The Morgan fingerprint density at radius 1 is 1.03 bits per heavy atom. The minimum atomic E-state index is -0.822. The second-order valence-corrected chi connectivity index (χ2v) is 7.37. The van der Waals surface area contributed by atoms with Crippen LogP contribution in [-0.4, -0.2) is 30.9 Å². The number of anilines is 1. The predicted octanol–water partition coefficient (Wildman–Crippen LogP) is 5.06.